The van der Waals surface area contributed by atoms with Crippen LogP contribution in [-0.2, 0) is 16.4 Å². The van der Waals surface area contributed by atoms with Gasteiger partial charge in [0.25, 0.3) is 0 Å². The molecule has 2 rings (SSSR count). The number of benzene rings is 2. The maximum Gasteiger partial charge on any atom is 0.191 e. The van der Waals surface area contributed by atoms with Crippen molar-refractivity contribution >= 4 is 15.8 Å². The maximum absolute atomic E-state index is 11.5. The van der Waals surface area contributed by atoms with Gasteiger partial charge in [0.2, 0.25) is 0 Å². The Morgan fingerprint density at radius 3 is 2.25 bits per heavy atom. The van der Waals surface area contributed by atoms with E-state index in [2.05, 4.69) is 34.7 Å². The van der Waals surface area contributed by atoms with E-state index in [9.17, 15) is 8.42 Å². The first kappa shape index (κ1) is 18.0. The van der Waals surface area contributed by atoms with Crippen molar-refractivity contribution in [2.24, 2.45) is 4.99 Å². The zero-order valence-corrected chi connectivity index (χ0v) is 15.0. The molecule has 1 unspecified atom stereocenters. The van der Waals surface area contributed by atoms with Crippen LogP contribution in [0.2, 0.25) is 0 Å². The van der Waals surface area contributed by atoms with Crippen LogP contribution in [0.5, 0.6) is 0 Å². The second-order valence-corrected chi connectivity index (χ2v) is 7.63. The zero-order chi connectivity index (χ0) is 17.6. The van der Waals surface area contributed by atoms with Crippen molar-refractivity contribution in [1.29, 1.82) is 0 Å². The summed E-state index contributed by atoms with van der Waals surface area (Å²) in [7, 11) is -1.44. The van der Waals surface area contributed by atoms with E-state index < -0.39 is 9.84 Å². The van der Waals surface area contributed by atoms with Gasteiger partial charge in [-0.3, -0.25) is 4.99 Å². The number of hydrogen-bond donors (Lipinski definition) is 2. The van der Waals surface area contributed by atoms with Gasteiger partial charge in [0, 0.05) is 19.8 Å². The molecule has 2 N–H and O–H groups in total. The Hall–Kier alpha value is -2.34. The quantitative estimate of drug-likeness (QED) is 0.645. The lowest BCUT2D eigenvalue weighted by Crippen LogP contribution is -2.38. The van der Waals surface area contributed by atoms with E-state index in [-0.39, 0.29) is 6.04 Å². The number of rotatable bonds is 5. The van der Waals surface area contributed by atoms with Crippen LogP contribution in [0.1, 0.15) is 24.1 Å². The Morgan fingerprint density at radius 1 is 1.08 bits per heavy atom. The number of nitrogens with zero attached hydrogens (tertiary/aromatic N) is 1. The van der Waals surface area contributed by atoms with E-state index in [0.29, 0.717) is 17.4 Å². The topological polar surface area (TPSA) is 70.6 Å². The molecule has 2 aromatic rings. The highest BCUT2D eigenvalue weighted by atomic mass is 32.2. The lowest BCUT2D eigenvalue weighted by Gasteiger charge is -2.18. The number of nitrogens with one attached hydrogen (secondary N) is 2. The van der Waals surface area contributed by atoms with E-state index in [0.717, 1.165) is 5.56 Å². The highest BCUT2D eigenvalue weighted by molar-refractivity contribution is 7.90. The van der Waals surface area contributed by atoms with Crippen LogP contribution in [0.4, 0.5) is 0 Å². The zero-order valence-electron chi connectivity index (χ0n) is 14.2. The largest absolute Gasteiger partial charge is 0.352 e. The van der Waals surface area contributed by atoms with Crippen molar-refractivity contribution < 1.29 is 8.42 Å². The Bertz CT molecular complexity index is 785. The van der Waals surface area contributed by atoms with E-state index in [1.807, 2.05) is 18.2 Å². The predicted octanol–water partition coefficient (Wildman–Crippen LogP) is 2.52. The Labute approximate surface area is 143 Å². The van der Waals surface area contributed by atoms with Gasteiger partial charge in [-0.05, 0) is 30.2 Å². The molecule has 0 bridgehead atoms. The SMILES string of the molecule is CN=C(NCc1ccc(S(C)(=O)=O)cc1)NC(C)c1ccccc1. The summed E-state index contributed by atoms with van der Waals surface area (Å²) < 4.78 is 22.9. The van der Waals surface area contributed by atoms with Gasteiger partial charge in [0.15, 0.2) is 15.8 Å². The van der Waals surface area contributed by atoms with Crippen molar-refractivity contribution in [3.63, 3.8) is 0 Å². The molecular weight excluding hydrogens is 322 g/mol. The van der Waals surface area contributed by atoms with Gasteiger partial charge >= 0.3 is 0 Å². The molecule has 0 saturated heterocycles. The fraction of sp³-hybridized carbons (Fsp3) is 0.278. The molecule has 0 aliphatic rings. The van der Waals surface area contributed by atoms with Gasteiger partial charge < -0.3 is 10.6 Å². The molecule has 0 saturated carbocycles. The summed E-state index contributed by atoms with van der Waals surface area (Å²) in [6.07, 6.45) is 1.21. The highest BCUT2D eigenvalue weighted by Crippen LogP contribution is 2.12. The number of guanidine groups is 1. The first-order chi connectivity index (χ1) is 11.4. The fourth-order valence-corrected chi connectivity index (χ4v) is 2.90. The maximum atomic E-state index is 11.5. The second kappa shape index (κ2) is 7.97. The van der Waals surface area contributed by atoms with Crippen LogP contribution in [0, 0.1) is 0 Å². The minimum absolute atomic E-state index is 0.130. The molecule has 0 spiro atoms. The molecule has 128 valence electrons. The van der Waals surface area contributed by atoms with Crippen molar-refractivity contribution in [3.05, 3.63) is 65.7 Å². The molecule has 6 heteroatoms. The highest BCUT2D eigenvalue weighted by Gasteiger charge is 2.08. The standard InChI is InChI=1S/C18H23N3O2S/c1-14(16-7-5-4-6-8-16)21-18(19-2)20-13-15-9-11-17(12-10-15)24(3,22)23/h4-12,14H,13H2,1-3H3,(H2,19,20,21). The smallest absolute Gasteiger partial charge is 0.191 e. The van der Waals surface area contributed by atoms with Crippen LogP contribution >= 0.6 is 0 Å². The summed E-state index contributed by atoms with van der Waals surface area (Å²) in [4.78, 5) is 4.55. The van der Waals surface area contributed by atoms with E-state index in [1.54, 1.807) is 31.3 Å². The summed E-state index contributed by atoms with van der Waals surface area (Å²) in [5, 5.41) is 6.57. The molecule has 24 heavy (non-hydrogen) atoms. The minimum atomic E-state index is -3.16. The lowest BCUT2D eigenvalue weighted by molar-refractivity contribution is 0.602. The molecule has 0 amide bonds. The van der Waals surface area contributed by atoms with Gasteiger partial charge in [0.05, 0.1) is 10.9 Å². The van der Waals surface area contributed by atoms with Gasteiger partial charge in [-0.25, -0.2) is 8.42 Å². The molecule has 0 fully saturated rings. The number of aliphatic imine (C=N–C) groups is 1. The molecule has 0 aromatic heterocycles. The second-order valence-electron chi connectivity index (χ2n) is 5.62. The Kier molecular flexibility index (Phi) is 5.98. The molecule has 1 atom stereocenters. The third kappa shape index (κ3) is 5.09. The van der Waals surface area contributed by atoms with Crippen molar-refractivity contribution in [3.8, 4) is 0 Å². The predicted molar refractivity (Wildman–Crippen MR) is 97.7 cm³/mol. The van der Waals surface area contributed by atoms with E-state index >= 15 is 0 Å². The minimum Gasteiger partial charge on any atom is -0.352 e. The van der Waals surface area contributed by atoms with Crippen LogP contribution in [0.25, 0.3) is 0 Å². The van der Waals surface area contributed by atoms with Crippen LogP contribution in [0.3, 0.4) is 0 Å². The number of hydrogen-bond acceptors (Lipinski definition) is 3. The monoisotopic (exact) mass is 345 g/mol. The molecule has 2 aromatic carbocycles. The molecule has 0 aliphatic carbocycles. The van der Waals surface area contributed by atoms with Crippen LogP contribution < -0.4 is 10.6 Å². The summed E-state index contributed by atoms with van der Waals surface area (Å²) >= 11 is 0. The summed E-state index contributed by atoms with van der Waals surface area (Å²) in [6.45, 7) is 2.63. The molecule has 0 heterocycles. The Balaban J connectivity index is 1.94. The van der Waals surface area contributed by atoms with Crippen LogP contribution in [0.15, 0.2) is 64.5 Å². The molecule has 0 aliphatic heterocycles. The fourth-order valence-electron chi connectivity index (χ4n) is 2.27. The van der Waals surface area contributed by atoms with Gasteiger partial charge in [-0.2, -0.15) is 0 Å². The Morgan fingerprint density at radius 2 is 1.71 bits per heavy atom. The summed E-state index contributed by atoms with van der Waals surface area (Å²) in [6, 6.07) is 17.1. The molecule has 0 radical (unpaired) electrons. The van der Waals surface area contributed by atoms with Crippen LogP contribution in [-0.4, -0.2) is 27.7 Å². The van der Waals surface area contributed by atoms with Crippen molar-refractivity contribution in [1.82, 2.24) is 10.6 Å². The molecular formula is C18H23N3O2S. The van der Waals surface area contributed by atoms with E-state index in [4.69, 9.17) is 0 Å². The van der Waals surface area contributed by atoms with Crippen molar-refractivity contribution in [2.45, 2.75) is 24.4 Å². The lowest BCUT2D eigenvalue weighted by atomic mass is 10.1. The first-order valence-electron chi connectivity index (χ1n) is 7.71. The molecule has 5 nitrogen and oxygen atoms in total. The third-order valence-electron chi connectivity index (χ3n) is 3.69. The van der Waals surface area contributed by atoms with Crippen molar-refractivity contribution in [2.75, 3.05) is 13.3 Å². The average molecular weight is 345 g/mol. The first-order valence-corrected chi connectivity index (χ1v) is 9.60. The van der Waals surface area contributed by atoms with Gasteiger partial charge in [0.1, 0.15) is 0 Å². The summed E-state index contributed by atoms with van der Waals surface area (Å²) in [5.41, 5.74) is 2.16. The summed E-state index contributed by atoms with van der Waals surface area (Å²) in [5.74, 6) is 0.693. The van der Waals surface area contributed by atoms with Gasteiger partial charge in [-0.15, -0.1) is 0 Å². The number of sulfone groups is 1. The van der Waals surface area contributed by atoms with E-state index in [1.165, 1.54) is 11.8 Å². The third-order valence-corrected chi connectivity index (χ3v) is 4.82. The normalized spacial score (nSPS) is 13.4. The average Bonchev–Trinajstić information content (AvgIpc) is 2.58. The van der Waals surface area contributed by atoms with Gasteiger partial charge in [-0.1, -0.05) is 42.5 Å².